The highest BCUT2D eigenvalue weighted by Gasteiger charge is 2.15. The fourth-order valence-corrected chi connectivity index (χ4v) is 3.08. The van der Waals surface area contributed by atoms with Crippen LogP contribution in [-0.2, 0) is 13.0 Å². The van der Waals surface area contributed by atoms with Crippen LogP contribution < -0.4 is 5.73 Å². The van der Waals surface area contributed by atoms with Crippen LogP contribution in [0.3, 0.4) is 0 Å². The Balaban J connectivity index is 1.95. The summed E-state index contributed by atoms with van der Waals surface area (Å²) in [5.74, 6) is -0.00109. The minimum Gasteiger partial charge on any atom is -0.347 e. The van der Waals surface area contributed by atoms with Gasteiger partial charge in [-0.2, -0.15) is 0 Å². The number of nitrogens with two attached hydrogens (primary N) is 1. The molecule has 0 aliphatic heterocycles. The zero-order valence-corrected chi connectivity index (χ0v) is 12.8. The molecule has 0 spiro atoms. The summed E-state index contributed by atoms with van der Waals surface area (Å²) >= 11 is 0. The van der Waals surface area contributed by atoms with Crippen molar-refractivity contribution in [3.05, 3.63) is 71.7 Å². The van der Waals surface area contributed by atoms with Gasteiger partial charge in [-0.05, 0) is 49.2 Å². The van der Waals surface area contributed by atoms with Gasteiger partial charge in [-0.3, -0.25) is 0 Å². The van der Waals surface area contributed by atoms with Gasteiger partial charge in [-0.25, -0.2) is 4.39 Å². The number of para-hydroxylation sites is 1. The zero-order chi connectivity index (χ0) is 15.5. The Bertz CT molecular complexity index is 759. The molecular formula is C19H21FN2. The molecule has 0 saturated carbocycles. The topological polar surface area (TPSA) is 30.9 Å². The van der Waals surface area contributed by atoms with Crippen molar-refractivity contribution >= 4 is 10.9 Å². The van der Waals surface area contributed by atoms with Crippen LogP contribution in [0, 0.1) is 5.82 Å². The molecule has 1 aromatic heterocycles. The van der Waals surface area contributed by atoms with Crippen molar-refractivity contribution in [3.8, 4) is 0 Å². The fourth-order valence-electron chi connectivity index (χ4n) is 3.08. The number of aryl methyl sites for hydroxylation is 1. The molecule has 3 rings (SSSR count). The Morgan fingerprint density at radius 2 is 1.82 bits per heavy atom. The molecule has 3 aromatic rings. The van der Waals surface area contributed by atoms with Crippen LogP contribution in [0.1, 0.15) is 24.0 Å². The lowest BCUT2D eigenvalue weighted by Gasteiger charge is -2.15. The lowest BCUT2D eigenvalue weighted by molar-refractivity contribution is 0.623. The van der Waals surface area contributed by atoms with Crippen LogP contribution in [0.2, 0.25) is 0 Å². The molecule has 1 heterocycles. The lowest BCUT2D eigenvalue weighted by Crippen LogP contribution is -2.15. The molecule has 3 heteroatoms. The van der Waals surface area contributed by atoms with E-state index in [1.54, 1.807) is 0 Å². The number of fused-ring (bicyclic) bond motifs is 1. The molecule has 0 radical (unpaired) electrons. The van der Waals surface area contributed by atoms with E-state index in [-0.39, 0.29) is 11.7 Å². The minimum atomic E-state index is -0.206. The van der Waals surface area contributed by atoms with Gasteiger partial charge in [-0.1, -0.05) is 30.3 Å². The van der Waals surface area contributed by atoms with Gasteiger partial charge in [0.1, 0.15) is 5.82 Å². The van der Waals surface area contributed by atoms with E-state index in [4.69, 9.17) is 5.73 Å². The van der Waals surface area contributed by atoms with E-state index >= 15 is 0 Å². The maximum atomic E-state index is 13.1. The highest BCUT2D eigenvalue weighted by molar-refractivity contribution is 5.84. The van der Waals surface area contributed by atoms with E-state index in [0.29, 0.717) is 6.54 Å². The number of hydrogen-bond donors (Lipinski definition) is 1. The summed E-state index contributed by atoms with van der Waals surface area (Å²) < 4.78 is 15.4. The maximum Gasteiger partial charge on any atom is 0.123 e. The Morgan fingerprint density at radius 1 is 1.09 bits per heavy atom. The van der Waals surface area contributed by atoms with E-state index in [9.17, 15) is 4.39 Å². The standard InChI is InChI=1S/C19H21FN2/c1-2-22-13-16(18-5-3-4-6-19(18)22)11-15(12-21)14-7-9-17(20)10-8-14/h3-10,13,15H,2,11-12,21H2,1H3. The second-order valence-corrected chi connectivity index (χ2v) is 5.65. The van der Waals surface area contributed by atoms with E-state index < -0.39 is 0 Å². The van der Waals surface area contributed by atoms with Crippen molar-refractivity contribution < 1.29 is 4.39 Å². The van der Waals surface area contributed by atoms with Crippen molar-refractivity contribution in [1.29, 1.82) is 0 Å². The molecule has 0 aliphatic carbocycles. The summed E-state index contributed by atoms with van der Waals surface area (Å²) in [6, 6.07) is 15.1. The number of hydrogen-bond acceptors (Lipinski definition) is 1. The first-order valence-corrected chi connectivity index (χ1v) is 7.75. The van der Waals surface area contributed by atoms with Crippen LogP contribution in [0.5, 0.6) is 0 Å². The monoisotopic (exact) mass is 296 g/mol. The van der Waals surface area contributed by atoms with Crippen molar-refractivity contribution in [2.24, 2.45) is 5.73 Å². The predicted octanol–water partition coefficient (Wildman–Crippen LogP) is 4.09. The quantitative estimate of drug-likeness (QED) is 0.755. The largest absolute Gasteiger partial charge is 0.347 e. The Hall–Kier alpha value is -2.13. The van der Waals surface area contributed by atoms with Gasteiger partial charge in [-0.15, -0.1) is 0 Å². The van der Waals surface area contributed by atoms with Gasteiger partial charge in [0.15, 0.2) is 0 Å². The third kappa shape index (κ3) is 2.77. The number of aromatic nitrogens is 1. The average Bonchev–Trinajstić information content (AvgIpc) is 2.91. The summed E-state index contributed by atoms with van der Waals surface area (Å²) in [5.41, 5.74) is 9.63. The molecule has 2 nitrogen and oxygen atoms in total. The first kappa shape index (κ1) is 14.8. The first-order valence-electron chi connectivity index (χ1n) is 7.75. The van der Waals surface area contributed by atoms with Crippen molar-refractivity contribution in [2.75, 3.05) is 6.54 Å². The number of nitrogens with zero attached hydrogens (tertiary/aromatic N) is 1. The zero-order valence-electron chi connectivity index (χ0n) is 12.8. The molecule has 2 aromatic carbocycles. The van der Waals surface area contributed by atoms with Gasteiger partial charge >= 0.3 is 0 Å². The van der Waals surface area contributed by atoms with Gasteiger partial charge < -0.3 is 10.3 Å². The Labute approximate surface area is 130 Å². The highest BCUT2D eigenvalue weighted by Crippen LogP contribution is 2.27. The summed E-state index contributed by atoms with van der Waals surface area (Å²) in [7, 11) is 0. The predicted molar refractivity (Wildman–Crippen MR) is 89.5 cm³/mol. The SMILES string of the molecule is CCn1cc(CC(CN)c2ccc(F)cc2)c2ccccc21. The molecule has 0 amide bonds. The third-order valence-corrected chi connectivity index (χ3v) is 4.30. The van der Waals surface area contributed by atoms with Gasteiger partial charge in [0, 0.05) is 29.6 Å². The smallest absolute Gasteiger partial charge is 0.123 e. The van der Waals surface area contributed by atoms with E-state index in [1.165, 1.54) is 28.6 Å². The minimum absolute atomic E-state index is 0.205. The van der Waals surface area contributed by atoms with Crippen LogP contribution in [0.25, 0.3) is 10.9 Å². The molecule has 114 valence electrons. The molecular weight excluding hydrogens is 275 g/mol. The fraction of sp³-hybridized carbons (Fsp3) is 0.263. The number of halogens is 1. The normalized spacial score (nSPS) is 12.7. The van der Waals surface area contributed by atoms with Gasteiger partial charge in [0.2, 0.25) is 0 Å². The van der Waals surface area contributed by atoms with E-state index in [2.05, 4.69) is 42.0 Å². The van der Waals surface area contributed by atoms with Crippen LogP contribution >= 0.6 is 0 Å². The second-order valence-electron chi connectivity index (χ2n) is 5.65. The average molecular weight is 296 g/mol. The molecule has 22 heavy (non-hydrogen) atoms. The van der Waals surface area contributed by atoms with Crippen LogP contribution in [0.15, 0.2) is 54.7 Å². The third-order valence-electron chi connectivity index (χ3n) is 4.30. The Kier molecular flexibility index (Phi) is 4.25. The second kappa shape index (κ2) is 6.32. The number of benzene rings is 2. The van der Waals surface area contributed by atoms with E-state index in [1.807, 2.05) is 12.1 Å². The summed E-state index contributed by atoms with van der Waals surface area (Å²) in [4.78, 5) is 0. The first-order chi connectivity index (χ1) is 10.7. The van der Waals surface area contributed by atoms with Crippen LogP contribution in [0.4, 0.5) is 4.39 Å². The van der Waals surface area contributed by atoms with E-state index in [0.717, 1.165) is 18.5 Å². The van der Waals surface area contributed by atoms with Gasteiger partial charge in [0.05, 0.1) is 0 Å². The van der Waals surface area contributed by atoms with Crippen LogP contribution in [-0.4, -0.2) is 11.1 Å². The van der Waals surface area contributed by atoms with Crippen molar-refractivity contribution in [1.82, 2.24) is 4.57 Å². The summed E-state index contributed by atoms with van der Waals surface area (Å²) in [6.07, 6.45) is 3.09. The molecule has 0 fully saturated rings. The molecule has 0 aliphatic rings. The molecule has 0 saturated heterocycles. The molecule has 0 bridgehead atoms. The number of rotatable bonds is 5. The highest BCUT2D eigenvalue weighted by atomic mass is 19.1. The molecule has 1 unspecified atom stereocenters. The van der Waals surface area contributed by atoms with Gasteiger partial charge in [0.25, 0.3) is 0 Å². The Morgan fingerprint density at radius 3 is 2.50 bits per heavy atom. The summed E-state index contributed by atoms with van der Waals surface area (Å²) in [6.45, 7) is 3.65. The maximum absolute atomic E-state index is 13.1. The molecule has 1 atom stereocenters. The lowest BCUT2D eigenvalue weighted by atomic mass is 9.92. The van der Waals surface area contributed by atoms with Crippen molar-refractivity contribution in [3.63, 3.8) is 0 Å². The molecule has 2 N–H and O–H groups in total. The van der Waals surface area contributed by atoms with Crippen molar-refractivity contribution in [2.45, 2.75) is 25.8 Å². The summed E-state index contributed by atoms with van der Waals surface area (Å²) in [5, 5.41) is 1.28.